The highest BCUT2D eigenvalue weighted by Gasteiger charge is 2.19. The molecule has 4 heteroatoms. The van der Waals surface area contributed by atoms with Gasteiger partial charge in [0.15, 0.2) is 5.96 Å². The maximum Gasteiger partial charge on any atom is 0.191 e. The Morgan fingerprint density at radius 2 is 2.00 bits per heavy atom. The summed E-state index contributed by atoms with van der Waals surface area (Å²) in [6, 6.07) is 10.7. The number of hydrogen-bond acceptors (Lipinski definition) is 3. The van der Waals surface area contributed by atoms with E-state index in [0.29, 0.717) is 0 Å². The van der Waals surface area contributed by atoms with Gasteiger partial charge in [-0.05, 0) is 23.8 Å². The molecule has 2 N–H and O–H groups in total. The molecule has 1 aromatic rings. The van der Waals surface area contributed by atoms with Crippen LogP contribution in [0.5, 0.6) is 0 Å². The quantitative estimate of drug-likeness (QED) is 0.797. The van der Waals surface area contributed by atoms with Crippen molar-refractivity contribution in [1.82, 2.24) is 10.6 Å². The molecule has 0 atom stereocenters. The van der Waals surface area contributed by atoms with Crippen LogP contribution in [0.25, 0.3) is 0 Å². The van der Waals surface area contributed by atoms with Crippen molar-refractivity contribution in [2.45, 2.75) is 26.7 Å². The molecule has 0 spiro atoms. The molecule has 3 nitrogen and oxygen atoms in total. The largest absolute Gasteiger partial charge is 0.356 e. The lowest BCUT2D eigenvalue weighted by atomic mass is 9.86. The first kappa shape index (κ1) is 16.3. The number of hydrogen-bond donors (Lipinski definition) is 2. The second-order valence-corrected chi connectivity index (χ2v) is 5.69. The first-order chi connectivity index (χ1) is 8.66. The molecule has 1 aromatic carbocycles. The highest BCUT2D eigenvalue weighted by Crippen LogP contribution is 2.20. The third kappa shape index (κ3) is 5.80. The van der Waals surface area contributed by atoms with E-state index >= 15 is 0 Å². The van der Waals surface area contributed by atoms with Crippen LogP contribution in [-0.4, -0.2) is 25.6 Å². The Balaban J connectivity index is 0.00000180. The third-order valence-electron chi connectivity index (χ3n) is 3.16. The second-order valence-electron chi connectivity index (χ2n) is 5.69. The minimum absolute atomic E-state index is 0. The van der Waals surface area contributed by atoms with Crippen molar-refractivity contribution in [3.63, 3.8) is 0 Å². The second kappa shape index (κ2) is 7.72. The number of rotatable bonds is 4. The van der Waals surface area contributed by atoms with Gasteiger partial charge in [0, 0.05) is 19.6 Å². The molecule has 2 rings (SSSR count). The smallest absolute Gasteiger partial charge is 0.191 e. The van der Waals surface area contributed by atoms with Crippen LogP contribution >= 0.6 is 24.0 Å². The summed E-state index contributed by atoms with van der Waals surface area (Å²) in [5.41, 5.74) is 1.62. The summed E-state index contributed by atoms with van der Waals surface area (Å²) in [5, 5.41) is 6.72. The highest BCUT2D eigenvalue weighted by atomic mass is 127. The average molecular weight is 373 g/mol. The summed E-state index contributed by atoms with van der Waals surface area (Å²) in [5.74, 6) is 0.961. The number of aliphatic imine (C=N–C) groups is 1. The van der Waals surface area contributed by atoms with Crippen LogP contribution in [0.15, 0.2) is 35.3 Å². The summed E-state index contributed by atoms with van der Waals surface area (Å²) >= 11 is 0. The summed E-state index contributed by atoms with van der Waals surface area (Å²) in [6.45, 7) is 7.49. The van der Waals surface area contributed by atoms with E-state index in [1.54, 1.807) is 0 Å². The van der Waals surface area contributed by atoms with Crippen LogP contribution in [0.2, 0.25) is 0 Å². The average Bonchev–Trinajstić information content (AvgIpc) is 2.38. The number of guanidine groups is 1. The lowest BCUT2D eigenvalue weighted by molar-refractivity contribution is 0.358. The van der Waals surface area contributed by atoms with Crippen molar-refractivity contribution in [3.8, 4) is 0 Å². The van der Waals surface area contributed by atoms with Gasteiger partial charge in [0.2, 0.25) is 0 Å². The van der Waals surface area contributed by atoms with Gasteiger partial charge in [0.05, 0.1) is 0 Å². The van der Waals surface area contributed by atoms with Crippen LogP contribution in [-0.2, 0) is 6.42 Å². The van der Waals surface area contributed by atoms with Gasteiger partial charge in [-0.1, -0.05) is 44.2 Å². The molecular weight excluding hydrogens is 349 g/mol. The fourth-order valence-electron chi connectivity index (χ4n) is 2.18. The summed E-state index contributed by atoms with van der Waals surface area (Å²) in [7, 11) is 0. The van der Waals surface area contributed by atoms with Gasteiger partial charge >= 0.3 is 0 Å². The van der Waals surface area contributed by atoms with Gasteiger partial charge in [0.1, 0.15) is 0 Å². The summed E-state index contributed by atoms with van der Waals surface area (Å²) < 4.78 is 0. The minimum atomic E-state index is 0. The molecule has 0 saturated heterocycles. The zero-order chi connectivity index (χ0) is 12.8. The third-order valence-corrected chi connectivity index (χ3v) is 3.16. The molecule has 19 heavy (non-hydrogen) atoms. The van der Waals surface area contributed by atoms with E-state index in [-0.39, 0.29) is 29.4 Å². The molecule has 0 amide bonds. The van der Waals surface area contributed by atoms with Crippen LogP contribution < -0.4 is 10.6 Å². The molecule has 1 aliphatic heterocycles. The van der Waals surface area contributed by atoms with E-state index < -0.39 is 0 Å². The Labute approximate surface area is 133 Å². The van der Waals surface area contributed by atoms with E-state index in [9.17, 15) is 0 Å². The number of nitrogens with zero attached hydrogens (tertiary/aromatic N) is 1. The molecule has 106 valence electrons. The molecule has 0 aliphatic carbocycles. The van der Waals surface area contributed by atoms with Crippen molar-refractivity contribution >= 4 is 29.9 Å². The molecular formula is C15H24IN3. The van der Waals surface area contributed by atoms with Crippen molar-refractivity contribution in [3.05, 3.63) is 35.9 Å². The maximum absolute atomic E-state index is 4.43. The predicted molar refractivity (Wildman–Crippen MR) is 92.3 cm³/mol. The van der Waals surface area contributed by atoms with Crippen LogP contribution in [0.1, 0.15) is 25.8 Å². The van der Waals surface area contributed by atoms with E-state index in [1.807, 2.05) is 0 Å². The fourth-order valence-corrected chi connectivity index (χ4v) is 2.18. The normalized spacial score (nSPS) is 14.9. The molecule has 0 unspecified atom stereocenters. The monoisotopic (exact) mass is 373 g/mol. The lowest BCUT2D eigenvalue weighted by Gasteiger charge is -2.27. The molecule has 0 aromatic heterocycles. The van der Waals surface area contributed by atoms with Gasteiger partial charge in [0.25, 0.3) is 0 Å². The van der Waals surface area contributed by atoms with Gasteiger partial charge in [-0.3, -0.25) is 4.99 Å². The minimum Gasteiger partial charge on any atom is -0.356 e. The Morgan fingerprint density at radius 3 is 2.63 bits per heavy atom. The first-order valence-corrected chi connectivity index (χ1v) is 6.72. The van der Waals surface area contributed by atoms with Crippen molar-refractivity contribution in [1.29, 1.82) is 0 Å². The summed E-state index contributed by atoms with van der Waals surface area (Å²) in [6.07, 6.45) is 2.21. The van der Waals surface area contributed by atoms with Crippen LogP contribution in [0, 0.1) is 5.41 Å². The molecule has 0 bridgehead atoms. The maximum atomic E-state index is 4.43. The summed E-state index contributed by atoms with van der Waals surface area (Å²) in [4.78, 5) is 4.43. The Hall–Kier alpha value is -0.780. The van der Waals surface area contributed by atoms with Crippen molar-refractivity contribution in [2.75, 3.05) is 19.6 Å². The fraction of sp³-hybridized carbons (Fsp3) is 0.533. The molecule has 1 aliphatic rings. The SMILES string of the molecule is CC(C)(CNC1=NCCCN1)Cc1ccccc1.I. The zero-order valence-corrected chi connectivity index (χ0v) is 14.1. The first-order valence-electron chi connectivity index (χ1n) is 6.72. The van der Waals surface area contributed by atoms with Crippen molar-refractivity contribution < 1.29 is 0 Å². The van der Waals surface area contributed by atoms with Crippen LogP contribution in [0.3, 0.4) is 0 Å². The van der Waals surface area contributed by atoms with Gasteiger partial charge in [-0.25, -0.2) is 0 Å². The van der Waals surface area contributed by atoms with Crippen LogP contribution in [0.4, 0.5) is 0 Å². The number of nitrogens with one attached hydrogen (secondary N) is 2. The number of halogens is 1. The zero-order valence-electron chi connectivity index (χ0n) is 11.8. The highest BCUT2D eigenvalue weighted by molar-refractivity contribution is 14.0. The molecule has 0 fully saturated rings. The van der Waals surface area contributed by atoms with Gasteiger partial charge in [-0.2, -0.15) is 0 Å². The van der Waals surface area contributed by atoms with Gasteiger partial charge in [-0.15, -0.1) is 24.0 Å². The molecule has 0 saturated carbocycles. The Morgan fingerprint density at radius 1 is 1.26 bits per heavy atom. The molecule has 0 radical (unpaired) electrons. The van der Waals surface area contributed by atoms with E-state index in [4.69, 9.17) is 0 Å². The predicted octanol–water partition coefficient (Wildman–Crippen LogP) is 2.81. The van der Waals surface area contributed by atoms with E-state index in [0.717, 1.165) is 38.4 Å². The topological polar surface area (TPSA) is 36.4 Å². The van der Waals surface area contributed by atoms with E-state index in [2.05, 4.69) is 59.8 Å². The Bertz CT molecular complexity index is 401. The number of benzene rings is 1. The standard InChI is InChI=1S/C15H23N3.HI/c1-15(2,11-13-7-4-3-5-8-13)12-18-14-16-9-6-10-17-14;/h3-5,7-8H,6,9-12H2,1-2H3,(H2,16,17,18);1H. The van der Waals surface area contributed by atoms with Crippen molar-refractivity contribution in [2.24, 2.45) is 10.4 Å². The Kier molecular flexibility index (Phi) is 6.62. The lowest BCUT2D eigenvalue weighted by Crippen LogP contribution is -2.44. The molecule has 1 heterocycles. The van der Waals surface area contributed by atoms with E-state index in [1.165, 1.54) is 5.56 Å². The van der Waals surface area contributed by atoms with Gasteiger partial charge < -0.3 is 10.6 Å².